The summed E-state index contributed by atoms with van der Waals surface area (Å²) in [5, 5.41) is 10.9. The van der Waals surface area contributed by atoms with Gasteiger partial charge in [-0.3, -0.25) is 9.69 Å². The minimum absolute atomic E-state index is 0.267. The van der Waals surface area contributed by atoms with E-state index >= 15 is 0 Å². The number of amides is 1. The standard InChI is InChI=1S/C24H20BrNO4/c1-29-17-11-7-15(8-12-17)21-22(19-5-3-4-6-20(19)25)26(24(28)23(21)27)16-9-13-18(30-2)14-10-16/h3-14,22,27H,1-2H3. The van der Waals surface area contributed by atoms with Crippen molar-refractivity contribution in [2.45, 2.75) is 6.04 Å². The maximum atomic E-state index is 13.2. The Bertz CT molecular complexity index is 1110. The van der Waals surface area contributed by atoms with Gasteiger partial charge < -0.3 is 14.6 Å². The normalized spacial score (nSPS) is 16.2. The Hall–Kier alpha value is -3.25. The lowest BCUT2D eigenvalue weighted by Crippen LogP contribution is -2.30. The summed E-state index contributed by atoms with van der Waals surface area (Å²) in [5.41, 5.74) is 2.83. The van der Waals surface area contributed by atoms with Crippen LogP contribution in [-0.4, -0.2) is 25.2 Å². The number of aliphatic hydroxyl groups excluding tert-OH is 1. The van der Waals surface area contributed by atoms with Gasteiger partial charge in [0.2, 0.25) is 0 Å². The predicted molar refractivity (Wildman–Crippen MR) is 120 cm³/mol. The second kappa shape index (κ2) is 8.24. The number of benzene rings is 3. The van der Waals surface area contributed by atoms with Gasteiger partial charge in [-0.25, -0.2) is 0 Å². The van der Waals surface area contributed by atoms with E-state index in [1.54, 1.807) is 31.3 Å². The Morgan fingerprint density at radius 1 is 0.867 bits per heavy atom. The van der Waals surface area contributed by atoms with Gasteiger partial charge in [0, 0.05) is 15.7 Å². The van der Waals surface area contributed by atoms with Crippen molar-refractivity contribution in [3.8, 4) is 11.5 Å². The monoisotopic (exact) mass is 465 g/mol. The van der Waals surface area contributed by atoms with E-state index in [0.717, 1.165) is 15.6 Å². The van der Waals surface area contributed by atoms with Crippen molar-refractivity contribution in [3.63, 3.8) is 0 Å². The van der Waals surface area contributed by atoms with Crippen LogP contribution in [0.25, 0.3) is 5.57 Å². The molecule has 5 nitrogen and oxygen atoms in total. The zero-order valence-electron chi connectivity index (χ0n) is 16.5. The first-order valence-corrected chi connectivity index (χ1v) is 10.1. The Labute approximate surface area is 183 Å². The Kier molecular flexibility index (Phi) is 5.50. The highest BCUT2D eigenvalue weighted by molar-refractivity contribution is 9.10. The molecule has 1 atom stereocenters. The van der Waals surface area contributed by atoms with E-state index in [4.69, 9.17) is 9.47 Å². The number of hydrogen-bond acceptors (Lipinski definition) is 4. The molecule has 0 saturated carbocycles. The number of hydrogen-bond donors (Lipinski definition) is 1. The lowest BCUT2D eigenvalue weighted by molar-refractivity contribution is -0.117. The van der Waals surface area contributed by atoms with Crippen LogP contribution >= 0.6 is 15.9 Å². The lowest BCUT2D eigenvalue weighted by atomic mass is 9.93. The van der Waals surface area contributed by atoms with Crippen LogP contribution in [0.5, 0.6) is 11.5 Å². The van der Waals surface area contributed by atoms with Crippen LogP contribution in [-0.2, 0) is 4.79 Å². The first kappa shape index (κ1) is 20.0. The molecule has 0 bridgehead atoms. The predicted octanol–water partition coefficient (Wildman–Crippen LogP) is 5.52. The van der Waals surface area contributed by atoms with E-state index in [1.165, 1.54) is 0 Å². The van der Waals surface area contributed by atoms with Crippen molar-refractivity contribution in [3.05, 3.63) is 94.2 Å². The molecular weight excluding hydrogens is 446 g/mol. The van der Waals surface area contributed by atoms with Gasteiger partial charge in [-0.2, -0.15) is 0 Å². The number of carbonyl (C=O) groups is 1. The number of halogens is 1. The van der Waals surface area contributed by atoms with Gasteiger partial charge in [-0.05, 0) is 53.6 Å². The molecule has 1 aliphatic rings. The van der Waals surface area contributed by atoms with E-state index in [-0.39, 0.29) is 5.76 Å². The zero-order valence-corrected chi connectivity index (χ0v) is 18.1. The second-order valence-corrected chi connectivity index (χ2v) is 7.64. The van der Waals surface area contributed by atoms with Crippen molar-refractivity contribution in [2.24, 2.45) is 0 Å². The number of methoxy groups -OCH3 is 2. The molecule has 0 radical (unpaired) electrons. The molecule has 1 N–H and O–H groups in total. The van der Waals surface area contributed by atoms with E-state index in [9.17, 15) is 9.90 Å². The fraction of sp³-hybridized carbons (Fsp3) is 0.125. The Morgan fingerprint density at radius 2 is 1.43 bits per heavy atom. The topological polar surface area (TPSA) is 59.0 Å². The molecule has 6 heteroatoms. The van der Waals surface area contributed by atoms with Gasteiger partial charge in [-0.1, -0.05) is 46.3 Å². The molecule has 1 amide bonds. The average Bonchev–Trinajstić information content (AvgIpc) is 3.04. The van der Waals surface area contributed by atoms with Crippen LogP contribution < -0.4 is 14.4 Å². The quantitative estimate of drug-likeness (QED) is 0.538. The lowest BCUT2D eigenvalue weighted by Gasteiger charge is -2.28. The fourth-order valence-corrected chi connectivity index (χ4v) is 4.17. The minimum Gasteiger partial charge on any atom is -0.503 e. The van der Waals surface area contributed by atoms with Crippen LogP contribution in [0.4, 0.5) is 5.69 Å². The summed E-state index contributed by atoms with van der Waals surface area (Å²) in [7, 11) is 3.19. The van der Waals surface area contributed by atoms with Crippen molar-refractivity contribution in [2.75, 3.05) is 19.1 Å². The number of carbonyl (C=O) groups excluding carboxylic acids is 1. The van der Waals surface area contributed by atoms with Crippen molar-refractivity contribution in [1.82, 2.24) is 0 Å². The first-order chi connectivity index (χ1) is 14.5. The maximum Gasteiger partial charge on any atom is 0.294 e. The smallest absolute Gasteiger partial charge is 0.294 e. The van der Waals surface area contributed by atoms with Crippen LogP contribution in [0.1, 0.15) is 17.2 Å². The van der Waals surface area contributed by atoms with Crippen LogP contribution in [0.2, 0.25) is 0 Å². The molecule has 0 aliphatic carbocycles. The van der Waals surface area contributed by atoms with Crippen LogP contribution in [0, 0.1) is 0 Å². The number of rotatable bonds is 5. The van der Waals surface area contributed by atoms with Gasteiger partial charge in [0.25, 0.3) is 5.91 Å². The van der Waals surface area contributed by atoms with Crippen molar-refractivity contribution < 1.29 is 19.4 Å². The summed E-state index contributed by atoms with van der Waals surface area (Å²) >= 11 is 3.61. The first-order valence-electron chi connectivity index (χ1n) is 9.34. The number of ether oxygens (including phenoxy) is 2. The number of anilines is 1. The van der Waals surface area contributed by atoms with Crippen molar-refractivity contribution in [1.29, 1.82) is 0 Å². The summed E-state index contributed by atoms with van der Waals surface area (Å²) in [6.07, 6.45) is 0. The Balaban J connectivity index is 1.88. The zero-order chi connectivity index (χ0) is 21.3. The summed E-state index contributed by atoms with van der Waals surface area (Å²) < 4.78 is 11.3. The highest BCUT2D eigenvalue weighted by Gasteiger charge is 2.42. The third kappa shape index (κ3) is 3.44. The highest BCUT2D eigenvalue weighted by Crippen LogP contribution is 2.47. The van der Waals surface area contributed by atoms with Crippen LogP contribution in [0.3, 0.4) is 0 Å². The summed E-state index contributed by atoms with van der Waals surface area (Å²) in [4.78, 5) is 14.8. The Morgan fingerprint density at radius 3 is 2.00 bits per heavy atom. The minimum atomic E-state index is -0.505. The van der Waals surface area contributed by atoms with Gasteiger partial charge in [0.05, 0.1) is 20.3 Å². The average molecular weight is 466 g/mol. The molecule has 3 aromatic rings. The highest BCUT2D eigenvalue weighted by atomic mass is 79.9. The van der Waals surface area contributed by atoms with Gasteiger partial charge in [0.1, 0.15) is 11.5 Å². The molecule has 0 fully saturated rings. The SMILES string of the molecule is COc1ccc(C2=C(O)C(=O)N(c3ccc(OC)cc3)C2c2ccccc2Br)cc1. The molecule has 0 spiro atoms. The largest absolute Gasteiger partial charge is 0.503 e. The molecule has 1 aliphatic heterocycles. The molecule has 0 aromatic heterocycles. The number of nitrogens with zero attached hydrogens (tertiary/aromatic N) is 1. The van der Waals surface area contributed by atoms with Crippen LogP contribution in [0.15, 0.2) is 83.0 Å². The molecule has 30 heavy (non-hydrogen) atoms. The maximum absolute atomic E-state index is 13.2. The molecule has 3 aromatic carbocycles. The molecule has 4 rings (SSSR count). The molecule has 152 valence electrons. The van der Waals surface area contributed by atoms with Gasteiger partial charge >= 0.3 is 0 Å². The molecule has 1 heterocycles. The van der Waals surface area contributed by atoms with E-state index in [0.29, 0.717) is 22.8 Å². The van der Waals surface area contributed by atoms with E-state index in [1.807, 2.05) is 60.7 Å². The molecule has 1 unspecified atom stereocenters. The third-order valence-corrected chi connectivity index (χ3v) is 5.88. The molecule has 0 saturated heterocycles. The molecular formula is C24H20BrNO4. The second-order valence-electron chi connectivity index (χ2n) is 6.79. The summed E-state index contributed by atoms with van der Waals surface area (Å²) in [6, 6.07) is 21.7. The fourth-order valence-electron chi connectivity index (χ4n) is 3.67. The van der Waals surface area contributed by atoms with E-state index in [2.05, 4.69) is 15.9 Å². The van der Waals surface area contributed by atoms with Gasteiger partial charge in [0.15, 0.2) is 5.76 Å². The third-order valence-electron chi connectivity index (χ3n) is 5.16. The van der Waals surface area contributed by atoms with E-state index < -0.39 is 11.9 Å². The summed E-state index contributed by atoms with van der Waals surface area (Å²) in [6.45, 7) is 0. The number of aliphatic hydroxyl groups is 1. The van der Waals surface area contributed by atoms with Crippen molar-refractivity contribution >= 4 is 33.1 Å². The van der Waals surface area contributed by atoms with Gasteiger partial charge in [-0.15, -0.1) is 0 Å². The summed E-state index contributed by atoms with van der Waals surface area (Å²) in [5.74, 6) is 0.673.